The van der Waals surface area contributed by atoms with Crippen molar-refractivity contribution in [2.45, 2.75) is 64.6 Å². The molecule has 1 aliphatic rings. The Morgan fingerprint density at radius 3 is 2.55 bits per heavy atom. The molecule has 2 unspecified atom stereocenters. The topological polar surface area (TPSA) is 54.5 Å². The minimum atomic E-state index is -0.615. The molecule has 2 radical (unpaired) electrons. The van der Waals surface area contributed by atoms with Gasteiger partial charge in [-0.3, -0.25) is 14.5 Å². The first kappa shape index (κ1) is 16.9. The van der Waals surface area contributed by atoms with Crippen LogP contribution in [0.1, 0.15) is 59.3 Å². The lowest BCUT2D eigenvalue weighted by molar-refractivity contribution is -0.139. The summed E-state index contributed by atoms with van der Waals surface area (Å²) in [6.45, 7) is 5.79. The fraction of sp³-hybridized carbons (Fsp3) is 0.800. The molecule has 1 heterocycles. The van der Waals surface area contributed by atoms with E-state index in [-0.39, 0.29) is 24.0 Å². The molecule has 0 aromatic rings. The Hall–Kier alpha value is -1.13. The van der Waals surface area contributed by atoms with Crippen LogP contribution in [-0.2, 0) is 14.4 Å². The SMILES string of the molecule is [B]C(C)(CC)C1CC(=O)N(CCCCCC(C)=O)C1=O. The van der Waals surface area contributed by atoms with Gasteiger partial charge in [0.1, 0.15) is 5.78 Å². The van der Waals surface area contributed by atoms with Crippen LogP contribution in [0.15, 0.2) is 0 Å². The van der Waals surface area contributed by atoms with Crippen molar-refractivity contribution in [2.24, 2.45) is 5.92 Å². The number of Topliss-reactive ketones (excluding diaryl/α,β-unsaturated/α-hetero) is 1. The fourth-order valence-electron chi connectivity index (χ4n) is 2.50. The smallest absolute Gasteiger partial charge is 0.232 e. The maximum Gasteiger partial charge on any atom is 0.232 e. The van der Waals surface area contributed by atoms with Gasteiger partial charge in [0.05, 0.1) is 7.85 Å². The molecule has 0 bridgehead atoms. The van der Waals surface area contributed by atoms with Crippen LogP contribution in [0.2, 0.25) is 5.31 Å². The number of amides is 2. The van der Waals surface area contributed by atoms with Crippen molar-refractivity contribution in [3.8, 4) is 0 Å². The molecule has 0 aromatic heterocycles. The van der Waals surface area contributed by atoms with Crippen LogP contribution in [0.3, 0.4) is 0 Å². The number of carbonyl (C=O) groups excluding carboxylic acids is 3. The van der Waals surface area contributed by atoms with E-state index in [0.29, 0.717) is 19.4 Å². The van der Waals surface area contributed by atoms with E-state index >= 15 is 0 Å². The highest BCUT2D eigenvalue weighted by molar-refractivity contribution is 6.19. The Kier molecular flexibility index (Phi) is 5.96. The van der Waals surface area contributed by atoms with Crippen LogP contribution in [-0.4, -0.2) is 36.9 Å². The van der Waals surface area contributed by atoms with Crippen molar-refractivity contribution in [1.82, 2.24) is 4.90 Å². The van der Waals surface area contributed by atoms with Gasteiger partial charge in [0.15, 0.2) is 0 Å². The summed E-state index contributed by atoms with van der Waals surface area (Å²) in [5, 5.41) is -0.615. The van der Waals surface area contributed by atoms with Crippen LogP contribution >= 0.6 is 0 Å². The van der Waals surface area contributed by atoms with Crippen molar-refractivity contribution in [2.75, 3.05) is 6.54 Å². The molecule has 2 atom stereocenters. The summed E-state index contributed by atoms with van der Waals surface area (Å²) in [5.41, 5.74) is 0. The van der Waals surface area contributed by atoms with Crippen LogP contribution in [0.4, 0.5) is 0 Å². The molecule has 4 nitrogen and oxygen atoms in total. The third kappa shape index (κ3) is 4.19. The first-order valence-corrected chi connectivity index (χ1v) is 7.42. The Morgan fingerprint density at radius 2 is 2.00 bits per heavy atom. The van der Waals surface area contributed by atoms with Gasteiger partial charge in [-0.1, -0.05) is 32.0 Å². The van der Waals surface area contributed by atoms with Gasteiger partial charge >= 0.3 is 0 Å². The highest BCUT2D eigenvalue weighted by Crippen LogP contribution is 2.42. The molecule has 0 aliphatic carbocycles. The van der Waals surface area contributed by atoms with Gasteiger partial charge in [0.25, 0.3) is 0 Å². The van der Waals surface area contributed by atoms with Gasteiger partial charge in [-0.15, -0.1) is 0 Å². The van der Waals surface area contributed by atoms with Crippen LogP contribution in [0, 0.1) is 5.92 Å². The molecule has 1 saturated heterocycles. The zero-order valence-corrected chi connectivity index (χ0v) is 12.8. The Labute approximate surface area is 122 Å². The second-order valence-corrected chi connectivity index (χ2v) is 6.01. The minimum absolute atomic E-state index is 0.114. The van der Waals surface area contributed by atoms with Crippen molar-refractivity contribution in [1.29, 1.82) is 0 Å². The minimum Gasteiger partial charge on any atom is -0.300 e. The molecule has 110 valence electrons. The van der Waals surface area contributed by atoms with Gasteiger partial charge in [0.2, 0.25) is 11.8 Å². The van der Waals surface area contributed by atoms with Crippen molar-refractivity contribution in [3.63, 3.8) is 0 Å². The number of hydrogen-bond donors (Lipinski definition) is 0. The predicted molar refractivity (Wildman–Crippen MR) is 78.4 cm³/mol. The highest BCUT2D eigenvalue weighted by Gasteiger charge is 2.44. The van der Waals surface area contributed by atoms with Gasteiger partial charge in [-0.2, -0.15) is 0 Å². The summed E-state index contributed by atoms with van der Waals surface area (Å²) in [7, 11) is 6.11. The molecule has 0 aromatic carbocycles. The molecule has 20 heavy (non-hydrogen) atoms. The zero-order valence-electron chi connectivity index (χ0n) is 12.8. The van der Waals surface area contributed by atoms with E-state index in [1.165, 1.54) is 4.90 Å². The number of ketones is 1. The van der Waals surface area contributed by atoms with Gasteiger partial charge < -0.3 is 4.79 Å². The van der Waals surface area contributed by atoms with E-state index in [2.05, 4.69) is 0 Å². The average molecular weight is 277 g/mol. The molecule has 0 saturated carbocycles. The third-order valence-electron chi connectivity index (χ3n) is 4.21. The Bertz CT molecular complexity index is 393. The monoisotopic (exact) mass is 277 g/mol. The van der Waals surface area contributed by atoms with Crippen LogP contribution < -0.4 is 0 Å². The average Bonchev–Trinajstić information content (AvgIpc) is 2.66. The lowest BCUT2D eigenvalue weighted by Gasteiger charge is -2.28. The summed E-state index contributed by atoms with van der Waals surface area (Å²) in [6, 6.07) is 0. The van der Waals surface area contributed by atoms with E-state index in [4.69, 9.17) is 7.85 Å². The standard InChI is InChI=1S/C15H24BNO3/c1-4-15(3,16)12-10-13(19)17(14(12)20)9-7-5-6-8-11(2)18/h12H,4-10H2,1-3H3. The molecular weight excluding hydrogens is 253 g/mol. The Balaban J connectivity index is 2.45. The zero-order chi connectivity index (χ0) is 15.3. The second kappa shape index (κ2) is 7.05. The maximum absolute atomic E-state index is 12.3. The largest absolute Gasteiger partial charge is 0.300 e. The van der Waals surface area contributed by atoms with Crippen LogP contribution in [0.25, 0.3) is 0 Å². The number of hydrogen-bond acceptors (Lipinski definition) is 3. The Morgan fingerprint density at radius 1 is 1.35 bits per heavy atom. The molecule has 0 spiro atoms. The number of carbonyl (C=O) groups is 3. The van der Waals surface area contributed by atoms with E-state index in [9.17, 15) is 14.4 Å². The van der Waals surface area contributed by atoms with Gasteiger partial charge in [0, 0.05) is 25.3 Å². The predicted octanol–water partition coefficient (Wildman–Crippen LogP) is 2.27. The summed E-state index contributed by atoms with van der Waals surface area (Å²) in [5.74, 6) is -0.456. The molecule has 2 amide bonds. The summed E-state index contributed by atoms with van der Waals surface area (Å²) < 4.78 is 0. The molecule has 0 N–H and O–H groups in total. The molecule has 5 heteroatoms. The van der Waals surface area contributed by atoms with Gasteiger partial charge in [-0.05, 0) is 19.8 Å². The number of nitrogens with zero attached hydrogens (tertiary/aromatic N) is 1. The lowest BCUT2D eigenvalue weighted by Crippen LogP contribution is -2.34. The summed E-state index contributed by atoms with van der Waals surface area (Å²) >= 11 is 0. The first-order chi connectivity index (χ1) is 9.29. The van der Waals surface area contributed by atoms with Crippen molar-refractivity contribution < 1.29 is 14.4 Å². The number of likely N-dealkylation sites (tertiary alicyclic amines) is 1. The van der Waals surface area contributed by atoms with Gasteiger partial charge in [-0.25, -0.2) is 0 Å². The lowest BCUT2D eigenvalue weighted by atomic mass is 9.60. The van der Waals surface area contributed by atoms with E-state index in [1.54, 1.807) is 6.92 Å². The third-order valence-corrected chi connectivity index (χ3v) is 4.21. The van der Waals surface area contributed by atoms with E-state index in [1.807, 2.05) is 13.8 Å². The highest BCUT2D eigenvalue weighted by atomic mass is 16.2. The summed E-state index contributed by atoms with van der Waals surface area (Å²) in [4.78, 5) is 36.4. The van der Waals surface area contributed by atoms with Crippen LogP contribution in [0.5, 0.6) is 0 Å². The maximum atomic E-state index is 12.3. The summed E-state index contributed by atoms with van der Waals surface area (Å²) in [6.07, 6.45) is 3.90. The van der Waals surface area contributed by atoms with E-state index in [0.717, 1.165) is 19.3 Å². The molecular formula is C15H24BNO3. The second-order valence-electron chi connectivity index (χ2n) is 6.01. The normalized spacial score (nSPS) is 22.1. The first-order valence-electron chi connectivity index (χ1n) is 7.42. The number of unbranched alkanes of at least 4 members (excludes halogenated alkanes) is 2. The van der Waals surface area contributed by atoms with Crippen molar-refractivity contribution in [3.05, 3.63) is 0 Å². The number of rotatable bonds is 8. The molecule has 1 rings (SSSR count). The number of imide groups is 1. The van der Waals surface area contributed by atoms with E-state index < -0.39 is 11.2 Å². The fourth-order valence-corrected chi connectivity index (χ4v) is 2.50. The molecule has 1 aliphatic heterocycles. The molecule has 1 fully saturated rings. The quantitative estimate of drug-likeness (QED) is 0.388. The van der Waals surface area contributed by atoms with Crippen molar-refractivity contribution >= 4 is 25.4 Å².